The fraction of sp³-hybridized carbons (Fsp3) is 1.00. The summed E-state index contributed by atoms with van der Waals surface area (Å²) in [5.41, 5.74) is 0.363. The number of hydrogen-bond donors (Lipinski definition) is 0. The predicted octanol–water partition coefficient (Wildman–Crippen LogP) is 7.30. The Balaban J connectivity index is 4.78. The van der Waals surface area contributed by atoms with Gasteiger partial charge in [0.05, 0.1) is 0 Å². The van der Waals surface area contributed by atoms with Crippen molar-refractivity contribution in [3.05, 3.63) is 0 Å². The average Bonchev–Trinajstić information content (AvgIpc) is 2.55. The van der Waals surface area contributed by atoms with Crippen molar-refractivity contribution in [3.63, 3.8) is 0 Å². The molecule has 0 N–H and O–H groups in total. The summed E-state index contributed by atoms with van der Waals surface area (Å²) in [7, 11) is 0. The van der Waals surface area contributed by atoms with Gasteiger partial charge >= 0.3 is 0 Å². The van der Waals surface area contributed by atoms with E-state index >= 15 is 0 Å². The molecule has 0 saturated carbocycles. The van der Waals surface area contributed by atoms with Crippen LogP contribution in [-0.4, -0.2) is 23.5 Å². The van der Waals surface area contributed by atoms with E-state index in [0.29, 0.717) is 5.54 Å². The van der Waals surface area contributed by atoms with Crippen molar-refractivity contribution in [2.24, 2.45) is 11.8 Å². The predicted molar refractivity (Wildman–Crippen MR) is 107 cm³/mol. The van der Waals surface area contributed by atoms with Crippen LogP contribution in [0.15, 0.2) is 0 Å². The molecule has 0 aromatic rings. The molecule has 1 nitrogen and oxygen atoms in total. The van der Waals surface area contributed by atoms with Crippen LogP contribution in [0, 0.1) is 11.8 Å². The summed E-state index contributed by atoms with van der Waals surface area (Å²) in [5.74, 6) is 1.58. The Morgan fingerprint density at radius 1 is 0.652 bits per heavy atom. The summed E-state index contributed by atoms with van der Waals surface area (Å²) in [4.78, 5) is 2.75. The molecule has 0 spiro atoms. The van der Waals surface area contributed by atoms with E-state index < -0.39 is 0 Å². The largest absolute Gasteiger partial charge is 0.298 e. The summed E-state index contributed by atoms with van der Waals surface area (Å²) in [6.45, 7) is 19.3. The van der Waals surface area contributed by atoms with Crippen molar-refractivity contribution >= 4 is 0 Å². The van der Waals surface area contributed by atoms with Crippen LogP contribution in [0.5, 0.6) is 0 Å². The molecule has 0 aromatic heterocycles. The van der Waals surface area contributed by atoms with Crippen LogP contribution >= 0.6 is 0 Å². The van der Waals surface area contributed by atoms with E-state index in [-0.39, 0.29) is 0 Å². The fourth-order valence-electron chi connectivity index (χ4n) is 4.35. The summed E-state index contributed by atoms with van der Waals surface area (Å²) >= 11 is 0. The van der Waals surface area contributed by atoms with Crippen LogP contribution in [0.25, 0.3) is 0 Å². The van der Waals surface area contributed by atoms with Gasteiger partial charge in [0.2, 0.25) is 0 Å². The molecule has 0 aliphatic rings. The first kappa shape index (κ1) is 23.0. The quantitative estimate of drug-likeness (QED) is 0.285. The third kappa shape index (κ3) is 7.59. The first-order chi connectivity index (χ1) is 11.0. The Morgan fingerprint density at radius 3 is 1.35 bits per heavy atom. The van der Waals surface area contributed by atoms with E-state index in [1.165, 1.54) is 77.3 Å². The summed E-state index contributed by atoms with van der Waals surface area (Å²) in [6.07, 6.45) is 13.9. The van der Waals surface area contributed by atoms with Crippen LogP contribution < -0.4 is 0 Å². The van der Waals surface area contributed by atoms with Gasteiger partial charge < -0.3 is 0 Å². The molecule has 0 rings (SSSR count). The van der Waals surface area contributed by atoms with Crippen molar-refractivity contribution < 1.29 is 0 Å². The van der Waals surface area contributed by atoms with Gasteiger partial charge in [0.25, 0.3) is 0 Å². The Kier molecular flexibility index (Phi) is 13.3. The van der Waals surface area contributed by atoms with Crippen LogP contribution in [0.2, 0.25) is 0 Å². The van der Waals surface area contributed by atoms with Gasteiger partial charge in [-0.15, -0.1) is 0 Å². The number of hydrogen-bond acceptors (Lipinski definition) is 1. The van der Waals surface area contributed by atoms with Gasteiger partial charge in [-0.1, -0.05) is 92.9 Å². The molecule has 0 saturated heterocycles. The van der Waals surface area contributed by atoms with Crippen molar-refractivity contribution in [1.29, 1.82) is 0 Å². The zero-order valence-corrected chi connectivity index (χ0v) is 17.6. The Morgan fingerprint density at radius 2 is 1.04 bits per heavy atom. The molecule has 1 heteroatoms. The van der Waals surface area contributed by atoms with E-state index in [1.807, 2.05) is 0 Å². The Bertz CT molecular complexity index is 239. The molecule has 2 atom stereocenters. The molecule has 0 amide bonds. The SMILES string of the molecule is CCCCCCC(C)C(C)(C(C)CCCCCC)N(CC)CC. The standard InChI is InChI=1S/C22H47N/c1-8-12-14-16-18-20(5)22(7,23(10-3)11-4)21(6)19-17-15-13-9-2/h20-21H,8-19H2,1-7H3. The van der Waals surface area contributed by atoms with Crippen molar-refractivity contribution in [2.75, 3.05) is 13.1 Å². The van der Waals surface area contributed by atoms with Crippen LogP contribution in [0.4, 0.5) is 0 Å². The molecule has 0 radical (unpaired) electrons. The molecule has 0 aliphatic heterocycles. The molecule has 0 heterocycles. The molecular weight excluding hydrogens is 278 g/mol. The molecule has 0 aliphatic carbocycles. The molecular formula is C22H47N. The summed E-state index contributed by atoms with van der Waals surface area (Å²) < 4.78 is 0. The van der Waals surface area contributed by atoms with Crippen molar-refractivity contribution in [2.45, 2.75) is 118 Å². The highest BCUT2D eigenvalue weighted by Gasteiger charge is 2.39. The highest BCUT2D eigenvalue weighted by Crippen LogP contribution is 2.38. The van der Waals surface area contributed by atoms with E-state index in [1.54, 1.807) is 0 Å². The van der Waals surface area contributed by atoms with E-state index in [2.05, 4.69) is 53.4 Å². The lowest BCUT2D eigenvalue weighted by molar-refractivity contribution is 0.00584. The maximum atomic E-state index is 2.75. The van der Waals surface area contributed by atoms with Gasteiger partial charge in [-0.05, 0) is 44.7 Å². The van der Waals surface area contributed by atoms with E-state index in [9.17, 15) is 0 Å². The normalized spacial score (nSPS) is 17.2. The van der Waals surface area contributed by atoms with E-state index in [0.717, 1.165) is 11.8 Å². The number of unbranched alkanes of at least 4 members (excludes halogenated alkanes) is 6. The fourth-order valence-corrected chi connectivity index (χ4v) is 4.35. The maximum absolute atomic E-state index is 2.75. The van der Waals surface area contributed by atoms with Gasteiger partial charge in [0.15, 0.2) is 0 Å². The second-order valence-electron chi connectivity index (χ2n) is 7.90. The molecule has 0 bridgehead atoms. The minimum absolute atomic E-state index is 0.363. The smallest absolute Gasteiger partial charge is 0.0232 e. The van der Waals surface area contributed by atoms with Gasteiger partial charge in [-0.25, -0.2) is 0 Å². The lowest BCUT2D eigenvalue weighted by atomic mass is 9.71. The zero-order chi connectivity index (χ0) is 17.7. The van der Waals surface area contributed by atoms with Crippen LogP contribution in [0.1, 0.15) is 113 Å². The molecule has 140 valence electrons. The molecule has 23 heavy (non-hydrogen) atoms. The summed E-state index contributed by atoms with van der Waals surface area (Å²) in [5, 5.41) is 0. The monoisotopic (exact) mass is 325 g/mol. The lowest BCUT2D eigenvalue weighted by Crippen LogP contribution is -2.55. The van der Waals surface area contributed by atoms with Crippen LogP contribution in [0.3, 0.4) is 0 Å². The van der Waals surface area contributed by atoms with Crippen molar-refractivity contribution in [1.82, 2.24) is 4.90 Å². The number of nitrogens with zero attached hydrogens (tertiary/aromatic N) is 1. The maximum Gasteiger partial charge on any atom is 0.0232 e. The second-order valence-corrected chi connectivity index (χ2v) is 7.90. The zero-order valence-electron chi connectivity index (χ0n) is 17.6. The first-order valence-electron chi connectivity index (χ1n) is 10.7. The molecule has 0 fully saturated rings. The average molecular weight is 326 g/mol. The highest BCUT2D eigenvalue weighted by molar-refractivity contribution is 4.94. The topological polar surface area (TPSA) is 3.24 Å². The van der Waals surface area contributed by atoms with Gasteiger partial charge in [0.1, 0.15) is 0 Å². The first-order valence-corrected chi connectivity index (χ1v) is 10.7. The summed E-state index contributed by atoms with van der Waals surface area (Å²) in [6, 6.07) is 0. The minimum atomic E-state index is 0.363. The Hall–Kier alpha value is -0.0400. The van der Waals surface area contributed by atoms with Gasteiger partial charge in [0, 0.05) is 5.54 Å². The second kappa shape index (κ2) is 13.3. The molecule has 0 aromatic carbocycles. The number of rotatable bonds is 15. The van der Waals surface area contributed by atoms with Crippen molar-refractivity contribution in [3.8, 4) is 0 Å². The highest BCUT2D eigenvalue weighted by atomic mass is 15.2. The van der Waals surface area contributed by atoms with Gasteiger partial charge in [-0.3, -0.25) is 4.90 Å². The van der Waals surface area contributed by atoms with E-state index in [4.69, 9.17) is 0 Å². The third-order valence-electron chi connectivity index (χ3n) is 6.42. The van der Waals surface area contributed by atoms with Crippen LogP contribution in [-0.2, 0) is 0 Å². The Labute approximate surface area is 148 Å². The van der Waals surface area contributed by atoms with Gasteiger partial charge in [-0.2, -0.15) is 0 Å². The minimum Gasteiger partial charge on any atom is -0.298 e. The lowest BCUT2D eigenvalue weighted by Gasteiger charge is -2.49. The third-order valence-corrected chi connectivity index (χ3v) is 6.42. The molecule has 2 unspecified atom stereocenters.